The Morgan fingerprint density at radius 1 is 1.28 bits per heavy atom. The number of anilines is 1. The minimum atomic E-state index is -0.198. The highest BCUT2D eigenvalue weighted by Crippen LogP contribution is 2.32. The number of thioether (sulfide) groups is 1. The number of hydrogen-bond donors (Lipinski definition) is 1. The normalized spacial score (nSPS) is 10.9. The molecule has 0 saturated heterocycles. The van der Waals surface area contributed by atoms with E-state index in [0.29, 0.717) is 32.6 Å². The molecule has 0 saturated carbocycles. The molecule has 2 heterocycles. The summed E-state index contributed by atoms with van der Waals surface area (Å²) in [7, 11) is 0. The number of aromatic nitrogens is 2. The second-order valence-electron chi connectivity index (χ2n) is 7.09. The largest absolute Gasteiger partial charge is 0.325 e. The molecular weight excluding hydrogens is 462 g/mol. The summed E-state index contributed by atoms with van der Waals surface area (Å²) >= 11 is 8.68. The van der Waals surface area contributed by atoms with Crippen molar-refractivity contribution in [2.45, 2.75) is 18.6 Å². The first-order valence-corrected chi connectivity index (χ1v) is 12.1. The molecule has 0 bridgehead atoms. The fourth-order valence-electron chi connectivity index (χ4n) is 3.28. The maximum absolute atomic E-state index is 13.4. The predicted molar refractivity (Wildman–Crippen MR) is 135 cm³/mol. The molecule has 0 fully saturated rings. The van der Waals surface area contributed by atoms with Gasteiger partial charge in [0.05, 0.1) is 11.1 Å². The van der Waals surface area contributed by atoms with Gasteiger partial charge in [-0.2, -0.15) is 0 Å². The molecule has 4 rings (SSSR count). The smallest absolute Gasteiger partial charge is 0.263 e. The lowest BCUT2D eigenvalue weighted by Gasteiger charge is -2.12. The molecule has 4 aromatic rings. The summed E-state index contributed by atoms with van der Waals surface area (Å²) < 4.78 is 1.57. The first kappa shape index (κ1) is 22.3. The number of fused-ring (bicyclic) bond motifs is 1. The molecule has 0 aliphatic heterocycles. The molecule has 8 heteroatoms. The maximum Gasteiger partial charge on any atom is 0.263 e. The summed E-state index contributed by atoms with van der Waals surface area (Å²) in [6, 6.07) is 15.1. The van der Waals surface area contributed by atoms with Gasteiger partial charge in [-0.25, -0.2) is 4.98 Å². The van der Waals surface area contributed by atoms with E-state index < -0.39 is 0 Å². The Hall–Kier alpha value is -2.87. The number of allylic oxidation sites excluding steroid dienone is 1. The quantitative estimate of drug-likeness (QED) is 0.199. The SMILES string of the molecule is C=CCn1c(SCC(=O)Nc2cc(Cl)ccc2C)nc2scc(-c3ccccc3)c2c1=O. The molecule has 162 valence electrons. The van der Waals surface area contributed by atoms with Gasteiger partial charge in [0.2, 0.25) is 5.91 Å². The fourth-order valence-corrected chi connectivity index (χ4v) is 5.25. The number of nitrogens with one attached hydrogen (secondary N) is 1. The maximum atomic E-state index is 13.4. The van der Waals surface area contributed by atoms with E-state index in [1.807, 2.05) is 48.7 Å². The monoisotopic (exact) mass is 481 g/mol. The molecule has 2 aromatic heterocycles. The van der Waals surface area contributed by atoms with E-state index in [-0.39, 0.29) is 17.2 Å². The summed E-state index contributed by atoms with van der Waals surface area (Å²) in [4.78, 5) is 31.3. The molecule has 0 radical (unpaired) electrons. The van der Waals surface area contributed by atoms with Crippen molar-refractivity contribution in [3.05, 3.63) is 87.5 Å². The zero-order chi connectivity index (χ0) is 22.7. The van der Waals surface area contributed by atoms with Gasteiger partial charge in [-0.3, -0.25) is 14.2 Å². The Bertz CT molecular complexity index is 1360. The van der Waals surface area contributed by atoms with Crippen LogP contribution in [0.1, 0.15) is 5.56 Å². The third kappa shape index (κ3) is 4.65. The lowest BCUT2D eigenvalue weighted by atomic mass is 10.1. The molecule has 0 unspecified atom stereocenters. The van der Waals surface area contributed by atoms with Crippen LogP contribution in [-0.4, -0.2) is 21.2 Å². The number of carbonyl (C=O) groups excluding carboxylic acids is 1. The van der Waals surface area contributed by atoms with Crippen molar-refractivity contribution < 1.29 is 4.79 Å². The topological polar surface area (TPSA) is 64.0 Å². The number of hydrogen-bond acceptors (Lipinski definition) is 5. The second kappa shape index (κ2) is 9.73. The van der Waals surface area contributed by atoms with Gasteiger partial charge >= 0.3 is 0 Å². The van der Waals surface area contributed by atoms with Crippen molar-refractivity contribution in [2.24, 2.45) is 0 Å². The number of thiophene rings is 1. The van der Waals surface area contributed by atoms with Crippen LogP contribution in [0.4, 0.5) is 5.69 Å². The van der Waals surface area contributed by atoms with Crippen LogP contribution >= 0.6 is 34.7 Å². The molecule has 0 spiro atoms. The average Bonchev–Trinajstić information content (AvgIpc) is 3.22. The number of nitrogens with zero attached hydrogens (tertiary/aromatic N) is 2. The van der Waals surface area contributed by atoms with Gasteiger partial charge in [-0.15, -0.1) is 17.9 Å². The first-order valence-electron chi connectivity index (χ1n) is 9.85. The average molecular weight is 482 g/mol. The third-order valence-corrected chi connectivity index (χ3v) is 6.94. The standard InChI is InChI=1S/C24H20ClN3O2S2/c1-3-11-28-23(30)21-18(16-7-5-4-6-8-16)13-31-22(21)27-24(28)32-14-20(29)26-19-12-17(25)10-9-15(19)2/h3-10,12-13H,1,11,14H2,2H3,(H,26,29). The molecule has 0 aliphatic rings. The number of benzene rings is 2. The van der Waals surface area contributed by atoms with Gasteiger partial charge in [0.25, 0.3) is 5.56 Å². The van der Waals surface area contributed by atoms with Crippen molar-refractivity contribution in [1.29, 1.82) is 0 Å². The zero-order valence-corrected chi connectivity index (χ0v) is 19.7. The summed E-state index contributed by atoms with van der Waals surface area (Å²) in [5, 5.41) is 6.46. The summed E-state index contributed by atoms with van der Waals surface area (Å²) in [5.74, 6) is -0.0890. The van der Waals surface area contributed by atoms with Crippen LogP contribution in [0.25, 0.3) is 21.3 Å². The van der Waals surface area contributed by atoms with E-state index in [0.717, 1.165) is 16.7 Å². The Morgan fingerprint density at radius 2 is 2.06 bits per heavy atom. The van der Waals surface area contributed by atoms with Crippen LogP contribution in [0, 0.1) is 6.92 Å². The highest BCUT2D eigenvalue weighted by atomic mass is 35.5. The van der Waals surface area contributed by atoms with E-state index in [1.54, 1.807) is 22.8 Å². The molecule has 1 amide bonds. The molecular formula is C24H20ClN3O2S2. The summed E-state index contributed by atoms with van der Waals surface area (Å²) in [6.45, 7) is 5.98. The lowest BCUT2D eigenvalue weighted by molar-refractivity contribution is -0.113. The summed E-state index contributed by atoms with van der Waals surface area (Å²) in [6.07, 6.45) is 1.66. The van der Waals surface area contributed by atoms with Crippen molar-refractivity contribution in [2.75, 3.05) is 11.1 Å². The molecule has 0 aliphatic carbocycles. The van der Waals surface area contributed by atoms with Crippen LogP contribution < -0.4 is 10.9 Å². The second-order valence-corrected chi connectivity index (χ2v) is 9.33. The van der Waals surface area contributed by atoms with Crippen molar-refractivity contribution in [1.82, 2.24) is 9.55 Å². The van der Waals surface area contributed by atoms with Crippen molar-refractivity contribution >= 4 is 56.5 Å². The Kier molecular flexibility index (Phi) is 6.79. The Labute approximate surface area is 198 Å². The summed E-state index contributed by atoms with van der Waals surface area (Å²) in [5.41, 5.74) is 3.29. The molecule has 2 aromatic carbocycles. The third-order valence-electron chi connectivity index (χ3n) is 4.86. The Balaban J connectivity index is 1.63. The van der Waals surface area contributed by atoms with E-state index >= 15 is 0 Å². The number of rotatable bonds is 7. The van der Waals surface area contributed by atoms with E-state index in [4.69, 9.17) is 16.6 Å². The number of carbonyl (C=O) groups is 1. The van der Waals surface area contributed by atoms with Crippen LogP contribution in [0.2, 0.25) is 5.02 Å². The van der Waals surface area contributed by atoms with Gasteiger partial charge in [0.1, 0.15) is 4.83 Å². The fraction of sp³-hybridized carbons (Fsp3) is 0.125. The first-order chi connectivity index (χ1) is 15.5. The molecule has 1 N–H and O–H groups in total. The highest BCUT2D eigenvalue weighted by Gasteiger charge is 2.18. The van der Waals surface area contributed by atoms with E-state index in [2.05, 4.69) is 11.9 Å². The Morgan fingerprint density at radius 3 is 2.81 bits per heavy atom. The van der Waals surface area contributed by atoms with Crippen LogP contribution in [-0.2, 0) is 11.3 Å². The minimum Gasteiger partial charge on any atom is -0.325 e. The van der Waals surface area contributed by atoms with Crippen LogP contribution in [0.3, 0.4) is 0 Å². The number of halogens is 1. The van der Waals surface area contributed by atoms with E-state index in [1.165, 1.54) is 23.1 Å². The van der Waals surface area contributed by atoms with Crippen LogP contribution in [0.5, 0.6) is 0 Å². The highest BCUT2D eigenvalue weighted by molar-refractivity contribution is 7.99. The molecule has 5 nitrogen and oxygen atoms in total. The predicted octanol–water partition coefficient (Wildman–Crippen LogP) is 6.00. The minimum absolute atomic E-state index is 0.109. The van der Waals surface area contributed by atoms with Gasteiger partial charge in [0.15, 0.2) is 5.16 Å². The van der Waals surface area contributed by atoms with Crippen molar-refractivity contribution in [3.8, 4) is 11.1 Å². The number of aryl methyl sites for hydroxylation is 1. The van der Waals surface area contributed by atoms with Crippen LogP contribution in [0.15, 0.2) is 76.5 Å². The van der Waals surface area contributed by atoms with Gasteiger partial charge in [-0.1, -0.05) is 65.8 Å². The van der Waals surface area contributed by atoms with Gasteiger partial charge < -0.3 is 5.32 Å². The molecule has 0 atom stereocenters. The lowest BCUT2D eigenvalue weighted by Crippen LogP contribution is -2.23. The van der Waals surface area contributed by atoms with Crippen molar-refractivity contribution in [3.63, 3.8) is 0 Å². The molecule has 32 heavy (non-hydrogen) atoms. The van der Waals surface area contributed by atoms with Gasteiger partial charge in [0, 0.05) is 28.2 Å². The van der Waals surface area contributed by atoms with E-state index in [9.17, 15) is 9.59 Å². The number of amides is 1. The van der Waals surface area contributed by atoms with Gasteiger partial charge in [-0.05, 0) is 30.2 Å². The zero-order valence-electron chi connectivity index (χ0n) is 17.3.